The Morgan fingerprint density at radius 3 is 2.05 bits per heavy atom. The monoisotopic (exact) mass is 287 g/mol. The molecule has 0 radical (unpaired) electrons. The molecule has 0 aromatic heterocycles. The van der Waals surface area contributed by atoms with E-state index in [-0.39, 0.29) is 5.54 Å². The SMILES string of the molecule is CCc1ccc(CC2(CNC(C)(C)C)CCCCC2)cc1. The molecule has 0 unspecified atom stereocenters. The summed E-state index contributed by atoms with van der Waals surface area (Å²) >= 11 is 0. The average molecular weight is 287 g/mol. The first-order valence-corrected chi connectivity index (χ1v) is 8.75. The van der Waals surface area contributed by atoms with Gasteiger partial charge in [-0.3, -0.25) is 0 Å². The molecule has 1 heteroatoms. The highest BCUT2D eigenvalue weighted by Crippen LogP contribution is 2.39. The van der Waals surface area contributed by atoms with E-state index >= 15 is 0 Å². The van der Waals surface area contributed by atoms with Gasteiger partial charge in [0.05, 0.1) is 0 Å². The molecule has 2 rings (SSSR count). The van der Waals surface area contributed by atoms with Gasteiger partial charge in [0.25, 0.3) is 0 Å². The minimum atomic E-state index is 0.219. The third-order valence-electron chi connectivity index (χ3n) is 4.92. The first-order valence-electron chi connectivity index (χ1n) is 8.75. The van der Waals surface area contributed by atoms with Crippen LogP contribution in [0.5, 0.6) is 0 Å². The third-order valence-corrected chi connectivity index (χ3v) is 4.92. The Hall–Kier alpha value is -0.820. The maximum Gasteiger partial charge on any atom is 0.00967 e. The molecule has 1 saturated carbocycles. The topological polar surface area (TPSA) is 12.0 Å². The molecule has 0 atom stereocenters. The van der Waals surface area contributed by atoms with E-state index in [4.69, 9.17) is 0 Å². The van der Waals surface area contributed by atoms with Crippen molar-refractivity contribution in [1.29, 1.82) is 0 Å². The van der Waals surface area contributed by atoms with E-state index in [9.17, 15) is 0 Å². The Bertz CT molecular complexity index is 418. The van der Waals surface area contributed by atoms with Crippen LogP contribution in [-0.4, -0.2) is 12.1 Å². The van der Waals surface area contributed by atoms with Crippen LogP contribution in [0.25, 0.3) is 0 Å². The summed E-state index contributed by atoms with van der Waals surface area (Å²) in [7, 11) is 0. The van der Waals surface area contributed by atoms with E-state index < -0.39 is 0 Å². The fourth-order valence-electron chi connectivity index (χ4n) is 3.50. The molecule has 0 amide bonds. The molecule has 118 valence electrons. The number of hydrogen-bond acceptors (Lipinski definition) is 1. The van der Waals surface area contributed by atoms with E-state index in [0.29, 0.717) is 5.41 Å². The Kier molecular flexibility index (Phi) is 5.48. The summed E-state index contributed by atoms with van der Waals surface area (Å²) in [6, 6.07) is 9.32. The quantitative estimate of drug-likeness (QED) is 0.791. The van der Waals surface area contributed by atoms with Crippen molar-refractivity contribution in [3.8, 4) is 0 Å². The zero-order chi connectivity index (χ0) is 15.3. The van der Waals surface area contributed by atoms with Crippen LogP contribution in [0.15, 0.2) is 24.3 Å². The van der Waals surface area contributed by atoms with Crippen LogP contribution in [0, 0.1) is 5.41 Å². The van der Waals surface area contributed by atoms with E-state index in [0.717, 1.165) is 13.0 Å². The third kappa shape index (κ3) is 5.14. The van der Waals surface area contributed by atoms with Gasteiger partial charge in [0.15, 0.2) is 0 Å². The lowest BCUT2D eigenvalue weighted by Crippen LogP contribution is -2.45. The number of hydrogen-bond donors (Lipinski definition) is 1. The second-order valence-corrected chi connectivity index (χ2v) is 8.01. The maximum absolute atomic E-state index is 3.78. The fraction of sp³-hybridized carbons (Fsp3) is 0.700. The Morgan fingerprint density at radius 2 is 1.52 bits per heavy atom. The molecule has 1 nitrogen and oxygen atoms in total. The molecule has 21 heavy (non-hydrogen) atoms. The van der Waals surface area contributed by atoms with Gasteiger partial charge in [-0.25, -0.2) is 0 Å². The maximum atomic E-state index is 3.78. The molecule has 1 fully saturated rings. The van der Waals surface area contributed by atoms with E-state index in [1.165, 1.54) is 49.7 Å². The van der Waals surface area contributed by atoms with Crippen LogP contribution < -0.4 is 5.32 Å². The van der Waals surface area contributed by atoms with Crippen LogP contribution in [0.1, 0.15) is 70.9 Å². The number of benzene rings is 1. The Morgan fingerprint density at radius 1 is 0.952 bits per heavy atom. The molecule has 1 aliphatic rings. The van der Waals surface area contributed by atoms with Crippen molar-refractivity contribution in [2.45, 2.75) is 78.2 Å². The summed E-state index contributed by atoms with van der Waals surface area (Å²) in [6.45, 7) is 10.2. The normalized spacial score (nSPS) is 18.7. The van der Waals surface area contributed by atoms with Crippen molar-refractivity contribution in [2.75, 3.05) is 6.54 Å². The van der Waals surface area contributed by atoms with Crippen LogP contribution in [0.4, 0.5) is 0 Å². The zero-order valence-electron chi connectivity index (χ0n) is 14.5. The molecule has 0 heterocycles. The zero-order valence-corrected chi connectivity index (χ0v) is 14.5. The molecule has 0 aliphatic heterocycles. The fourth-order valence-corrected chi connectivity index (χ4v) is 3.50. The van der Waals surface area contributed by atoms with E-state index in [2.05, 4.69) is 57.3 Å². The summed E-state index contributed by atoms with van der Waals surface area (Å²) in [5.74, 6) is 0. The standard InChI is InChI=1S/C20H33N/c1-5-17-9-11-18(12-10-17)15-20(13-7-6-8-14-20)16-21-19(2,3)4/h9-12,21H,5-8,13-16H2,1-4H3. The van der Waals surface area contributed by atoms with Gasteiger partial charge in [-0.2, -0.15) is 0 Å². The predicted molar refractivity (Wildman–Crippen MR) is 92.8 cm³/mol. The number of nitrogens with one attached hydrogen (secondary N) is 1. The van der Waals surface area contributed by atoms with Gasteiger partial charge in [0.2, 0.25) is 0 Å². The first-order chi connectivity index (χ1) is 9.92. The lowest BCUT2D eigenvalue weighted by Gasteiger charge is -2.40. The van der Waals surface area contributed by atoms with E-state index in [1.807, 2.05) is 0 Å². The number of rotatable bonds is 5. The summed E-state index contributed by atoms with van der Waals surface area (Å²) < 4.78 is 0. The van der Waals surface area contributed by atoms with Crippen molar-refractivity contribution >= 4 is 0 Å². The van der Waals surface area contributed by atoms with Crippen molar-refractivity contribution < 1.29 is 0 Å². The van der Waals surface area contributed by atoms with Gasteiger partial charge in [0.1, 0.15) is 0 Å². The summed E-state index contributed by atoms with van der Waals surface area (Å²) in [5.41, 5.74) is 3.66. The molecule has 1 aliphatic carbocycles. The average Bonchev–Trinajstić information content (AvgIpc) is 2.46. The largest absolute Gasteiger partial charge is 0.312 e. The molecular formula is C20H33N. The van der Waals surface area contributed by atoms with Gasteiger partial charge < -0.3 is 5.32 Å². The molecule has 0 spiro atoms. The molecule has 1 aromatic rings. The Labute approximate surface area is 131 Å². The Balaban J connectivity index is 2.07. The molecule has 0 saturated heterocycles. The summed E-state index contributed by atoms with van der Waals surface area (Å²) in [4.78, 5) is 0. The van der Waals surface area contributed by atoms with Crippen molar-refractivity contribution in [2.24, 2.45) is 5.41 Å². The lowest BCUT2D eigenvalue weighted by molar-refractivity contribution is 0.165. The van der Waals surface area contributed by atoms with Crippen molar-refractivity contribution in [3.63, 3.8) is 0 Å². The lowest BCUT2D eigenvalue weighted by atomic mass is 9.70. The van der Waals surface area contributed by atoms with E-state index in [1.54, 1.807) is 0 Å². The highest BCUT2D eigenvalue weighted by molar-refractivity contribution is 5.23. The summed E-state index contributed by atoms with van der Waals surface area (Å²) in [5, 5.41) is 3.78. The number of aryl methyl sites for hydroxylation is 1. The molecule has 1 N–H and O–H groups in total. The molecule has 1 aromatic carbocycles. The van der Waals surface area contributed by atoms with Gasteiger partial charge in [-0.1, -0.05) is 50.5 Å². The van der Waals surface area contributed by atoms with Gasteiger partial charge in [0, 0.05) is 12.1 Å². The minimum absolute atomic E-state index is 0.219. The first kappa shape index (κ1) is 16.5. The van der Waals surface area contributed by atoms with Crippen molar-refractivity contribution in [1.82, 2.24) is 5.32 Å². The second kappa shape index (κ2) is 6.96. The second-order valence-electron chi connectivity index (χ2n) is 8.01. The smallest absolute Gasteiger partial charge is 0.00967 e. The highest BCUT2D eigenvalue weighted by Gasteiger charge is 2.33. The van der Waals surface area contributed by atoms with Crippen LogP contribution in [0.2, 0.25) is 0 Å². The minimum Gasteiger partial charge on any atom is -0.312 e. The molecule has 0 bridgehead atoms. The van der Waals surface area contributed by atoms with Crippen molar-refractivity contribution in [3.05, 3.63) is 35.4 Å². The molecular weight excluding hydrogens is 254 g/mol. The van der Waals surface area contributed by atoms with Crippen LogP contribution >= 0.6 is 0 Å². The summed E-state index contributed by atoms with van der Waals surface area (Å²) in [6.07, 6.45) is 9.36. The highest BCUT2D eigenvalue weighted by atomic mass is 15.0. The predicted octanol–water partition coefficient (Wildman–Crippen LogP) is 5.13. The van der Waals surface area contributed by atoms with Gasteiger partial charge in [-0.05, 0) is 63.0 Å². The van der Waals surface area contributed by atoms with Gasteiger partial charge in [-0.15, -0.1) is 0 Å². The van der Waals surface area contributed by atoms with Gasteiger partial charge >= 0.3 is 0 Å². The van der Waals surface area contributed by atoms with Crippen LogP contribution in [0.3, 0.4) is 0 Å². The van der Waals surface area contributed by atoms with Crippen LogP contribution in [-0.2, 0) is 12.8 Å².